The van der Waals surface area contributed by atoms with Crippen molar-refractivity contribution in [3.63, 3.8) is 0 Å². The maximum absolute atomic E-state index is 15.1. The molecule has 4 heterocycles. The molecule has 0 saturated carbocycles. The van der Waals surface area contributed by atoms with Gasteiger partial charge in [-0.15, -0.1) is 0 Å². The number of nitrogens with zero attached hydrogens (tertiary/aromatic N) is 1. The van der Waals surface area contributed by atoms with Crippen LogP contribution in [0.15, 0.2) is 48.5 Å². The molecule has 0 aliphatic carbocycles. The minimum Gasteiger partial charge on any atom is -0.508 e. The zero-order valence-electron chi connectivity index (χ0n) is 54.5. The Morgan fingerprint density at radius 2 is 1.08 bits per heavy atom. The molecule has 6 rings (SSSR count). The average Bonchev–Trinajstić information content (AvgIpc) is 1.63. The molecular formula is C59H79N15O21S7. The number of rotatable bonds is 13. The highest BCUT2D eigenvalue weighted by Crippen LogP contribution is 2.36. The van der Waals surface area contributed by atoms with Gasteiger partial charge in [0, 0.05) is 60.3 Å². The van der Waals surface area contributed by atoms with Crippen LogP contribution in [-0.2, 0) is 89.6 Å². The third-order valence-electron chi connectivity index (χ3n) is 15.6. The molecule has 2 aromatic carbocycles. The normalized spacial score (nSPS) is 27.3. The molecule has 4 aliphatic rings. The lowest BCUT2D eigenvalue weighted by Crippen LogP contribution is -2.62. The smallest absolute Gasteiger partial charge is 0.326 e. The van der Waals surface area contributed by atoms with Crippen LogP contribution < -0.4 is 75.3 Å². The Kier molecular flexibility index (Phi) is 33.1. The van der Waals surface area contributed by atoms with E-state index in [1.807, 2.05) is 0 Å². The Balaban J connectivity index is 1.54. The summed E-state index contributed by atoms with van der Waals surface area (Å²) in [6.07, 6.45) is -4.63. The minimum absolute atomic E-state index is 0.00587. The predicted octanol–water partition coefficient (Wildman–Crippen LogP) is -5.29. The fraction of sp³-hybridized carbons (Fsp3) is 0.525. The summed E-state index contributed by atoms with van der Waals surface area (Å²) >= 11 is 0. The van der Waals surface area contributed by atoms with Crippen molar-refractivity contribution in [2.75, 3.05) is 47.6 Å². The number of primary amides is 1. The van der Waals surface area contributed by atoms with E-state index in [4.69, 9.17) is 11.5 Å². The van der Waals surface area contributed by atoms with E-state index in [1.165, 1.54) is 55.5 Å². The van der Waals surface area contributed by atoms with Gasteiger partial charge in [-0.2, -0.15) is 0 Å². The second-order valence-electron chi connectivity index (χ2n) is 23.5. The largest absolute Gasteiger partial charge is 0.508 e. The first-order valence-electron chi connectivity index (χ1n) is 31.4. The Morgan fingerprint density at radius 1 is 0.578 bits per heavy atom. The zero-order chi connectivity index (χ0) is 74.9. The van der Waals surface area contributed by atoms with Gasteiger partial charge in [0.2, 0.25) is 82.7 Å². The van der Waals surface area contributed by atoms with Gasteiger partial charge >= 0.3 is 11.9 Å². The van der Waals surface area contributed by atoms with Crippen LogP contribution >= 0.6 is 74.6 Å². The molecule has 36 nitrogen and oxygen atoms in total. The lowest BCUT2D eigenvalue weighted by molar-refractivity contribution is -0.143. The maximum Gasteiger partial charge on any atom is 0.326 e. The summed E-state index contributed by atoms with van der Waals surface area (Å²) in [5.41, 5.74) is 12.7. The van der Waals surface area contributed by atoms with Crippen LogP contribution in [0, 0.1) is 0 Å². The van der Waals surface area contributed by atoms with Crippen molar-refractivity contribution >= 4 is 169 Å². The van der Waals surface area contributed by atoms with Gasteiger partial charge in [0.05, 0.1) is 25.1 Å². The van der Waals surface area contributed by atoms with E-state index >= 15 is 9.59 Å². The molecule has 4 fully saturated rings. The van der Waals surface area contributed by atoms with E-state index in [2.05, 4.69) is 63.8 Å². The summed E-state index contributed by atoms with van der Waals surface area (Å²) in [7, 11) is 5.77. The molecular weight excluding hydrogens is 1480 g/mol. The first kappa shape index (κ1) is 82.9. The second kappa shape index (κ2) is 40.7. The van der Waals surface area contributed by atoms with Gasteiger partial charge in [-0.3, -0.25) is 71.9 Å². The number of fused-ring (bicyclic) bond motifs is 20. The Bertz CT molecular complexity index is 3430. The van der Waals surface area contributed by atoms with Gasteiger partial charge in [0.1, 0.15) is 84.0 Å². The van der Waals surface area contributed by atoms with Crippen molar-refractivity contribution in [3.05, 3.63) is 59.7 Å². The van der Waals surface area contributed by atoms with Crippen molar-refractivity contribution in [2.45, 2.75) is 143 Å². The third-order valence-corrected chi connectivity index (χ3v) is 24.7. The summed E-state index contributed by atoms with van der Waals surface area (Å²) in [5.74, 6) is -21.2. The quantitative estimate of drug-likeness (QED) is 0.0658. The summed E-state index contributed by atoms with van der Waals surface area (Å²) in [4.78, 5) is 226. The van der Waals surface area contributed by atoms with Gasteiger partial charge in [-0.05, 0) is 78.3 Å². The molecule has 0 spiro atoms. The highest BCUT2D eigenvalue weighted by atomic mass is 33.5. The molecule has 14 atom stereocenters. The van der Waals surface area contributed by atoms with E-state index in [1.54, 1.807) is 0 Å². The van der Waals surface area contributed by atoms with Gasteiger partial charge in [0.25, 0.3) is 0 Å². The zero-order valence-corrected chi connectivity index (χ0v) is 60.3. The first-order valence-corrected chi connectivity index (χ1v) is 40.2. The number of nitrogens with one attached hydrogen (secondary N) is 12. The number of aliphatic hydroxyl groups is 1. The molecule has 4 aliphatic heterocycles. The topological polar surface area (TPSA) is 574 Å². The Morgan fingerprint density at radius 3 is 1.66 bits per heavy atom. The Labute approximate surface area is 610 Å². The SMILES string of the molecule is C[C@@H]1NC(=O)[C@@H]2CCCN2C(=O)[C@H](CC(N)=O)NC(=O)[C@@H]2CSSC[C@H](N)C(=O)N[C@H]3CSSC[C@H](NC1=O)C(=O)N[C@@H]([C@H](C)O)C(=O)NCC(=O)N[C@H](C(=O)N[C@@H](Cc1ccc(O)cc1)C(=O)O)CSSSC[C@H](NC(=O)[C@H](Cc1ccc(O)cc1)NC(=O)[C@H](CCC(=O)O)NC3=O)C(=O)N2. The number of amides is 14. The van der Waals surface area contributed by atoms with Crippen LogP contribution in [0.25, 0.3) is 0 Å². The number of hydrogen-bond donors (Lipinski definition) is 19. The van der Waals surface area contributed by atoms with E-state index < -0.39 is 240 Å². The number of benzene rings is 2. The highest BCUT2D eigenvalue weighted by Gasteiger charge is 2.42. The van der Waals surface area contributed by atoms with Crippen LogP contribution in [-0.4, -0.2) is 257 Å². The third kappa shape index (κ3) is 26.3. The van der Waals surface area contributed by atoms with Crippen molar-refractivity contribution in [2.24, 2.45) is 11.5 Å². The molecule has 558 valence electrons. The number of phenolic OH excluding ortho intramolecular Hbond substituents is 2. The number of hydrogen-bond acceptors (Lipinski definition) is 27. The molecule has 0 radical (unpaired) electrons. The number of carboxylic acids is 2. The molecule has 4 bridgehead atoms. The minimum atomic E-state index is -1.92. The summed E-state index contributed by atoms with van der Waals surface area (Å²) in [6.45, 7) is 1.21. The summed E-state index contributed by atoms with van der Waals surface area (Å²) in [6, 6.07) is -11.3. The van der Waals surface area contributed by atoms with Crippen molar-refractivity contribution in [3.8, 4) is 11.5 Å². The number of aliphatic hydroxyl groups excluding tert-OH is 1. The monoisotopic (exact) mass is 1560 g/mol. The predicted molar refractivity (Wildman–Crippen MR) is 379 cm³/mol. The van der Waals surface area contributed by atoms with E-state index in [-0.39, 0.29) is 48.6 Å². The summed E-state index contributed by atoms with van der Waals surface area (Å²) < 4.78 is 0. The molecule has 0 aromatic heterocycles. The number of aliphatic carboxylic acids is 2. The maximum atomic E-state index is 15.1. The number of carboxylic acid groups (broad SMARTS) is 2. The number of nitrogens with two attached hydrogens (primary N) is 2. The number of aromatic hydroxyl groups is 2. The van der Waals surface area contributed by atoms with Crippen LogP contribution in [0.4, 0.5) is 0 Å². The number of carbonyl (C=O) groups excluding carboxylic acids is 14. The van der Waals surface area contributed by atoms with Gasteiger partial charge < -0.3 is 106 Å². The van der Waals surface area contributed by atoms with Gasteiger partial charge in [-0.1, -0.05) is 89.0 Å². The molecule has 21 N–H and O–H groups in total. The van der Waals surface area contributed by atoms with Crippen LogP contribution in [0.2, 0.25) is 0 Å². The van der Waals surface area contributed by atoms with Crippen LogP contribution in [0.5, 0.6) is 11.5 Å². The van der Waals surface area contributed by atoms with Crippen LogP contribution in [0.1, 0.15) is 57.1 Å². The molecule has 4 saturated heterocycles. The molecule has 102 heavy (non-hydrogen) atoms. The first-order chi connectivity index (χ1) is 48.4. The van der Waals surface area contributed by atoms with E-state index in [0.29, 0.717) is 5.56 Å². The number of carbonyl (C=O) groups is 16. The van der Waals surface area contributed by atoms with Crippen LogP contribution in [0.3, 0.4) is 0 Å². The average molecular weight is 1560 g/mol. The lowest BCUT2D eigenvalue weighted by atomic mass is 10.0. The second-order valence-corrected chi connectivity index (χ2v) is 33.0. The van der Waals surface area contributed by atoms with Gasteiger partial charge in [-0.25, -0.2) is 4.79 Å². The summed E-state index contributed by atoms with van der Waals surface area (Å²) in [5, 5.41) is 80.5. The molecule has 14 amide bonds. The number of phenols is 2. The van der Waals surface area contributed by atoms with Crippen molar-refractivity contribution in [1.29, 1.82) is 0 Å². The van der Waals surface area contributed by atoms with Gasteiger partial charge in [0.15, 0.2) is 0 Å². The fourth-order valence-electron chi connectivity index (χ4n) is 10.0. The Hall–Kier alpha value is -8.07. The molecule has 0 unspecified atom stereocenters. The van der Waals surface area contributed by atoms with E-state index in [9.17, 15) is 92.7 Å². The lowest BCUT2D eigenvalue weighted by Gasteiger charge is -2.30. The molecule has 2 aromatic rings. The molecule has 43 heteroatoms. The van der Waals surface area contributed by atoms with E-state index in [0.717, 1.165) is 86.4 Å². The highest BCUT2D eigenvalue weighted by molar-refractivity contribution is 9.09. The fourth-order valence-corrected chi connectivity index (χ4v) is 18.5. The van der Waals surface area contributed by atoms with Crippen molar-refractivity contribution < 1.29 is 102 Å². The standard InChI is InChI=1S/C59H79N15O21S7/c1-26-47(82)69-40-23-99-98-21-38-52(87)65-33(13-14-45(80)81)49(84)66-34(16-28-5-9-30(76)10-6-28)50(85)71-41(54(89)72-39(22-97-96-20-32(60)48(83)70-38)53(88)67-35(18-43(61)78)58(93)74-15-3-4-42(74)56(91)63-26)25-101-102-100-24-37(64-44(79)19-62-57(92)46(27(2)75)73-55(40)90)51(86)68-36(59(94)95)17-29-7-11-31(77)12-8-29/h5-12,26-27,32-42,46,75-77H,3-4,13-25,60H2,1-2H3,(H2,61,78)(H,62,92)(H,63,91)(H,64,79)(H,65,87)(H,66,84)(H,67,88)(H,68,86)(H,69,82)(H,70,83)(H,71,85)(H,72,89)(H,73,90)(H,80,81)(H,94,95)/t26-,27-,32-,33-,34-,35-,36-,37-,38-,39-,40-,41-,42-,46-/m0/s1. The van der Waals surface area contributed by atoms with Crippen molar-refractivity contribution in [1.82, 2.24) is 68.7 Å².